The molecule has 6 nitrogen and oxygen atoms in total. The van der Waals surface area contributed by atoms with Crippen molar-refractivity contribution in [1.29, 1.82) is 0 Å². The molecule has 0 aliphatic heterocycles. The van der Waals surface area contributed by atoms with Crippen molar-refractivity contribution in [2.45, 2.75) is 43.9 Å². The quantitative estimate of drug-likeness (QED) is 0.495. The third-order valence-electron chi connectivity index (χ3n) is 5.17. The fourth-order valence-electron chi connectivity index (χ4n) is 3.48. The van der Waals surface area contributed by atoms with Crippen LogP contribution in [0.4, 0.5) is 0 Å². The smallest absolute Gasteiger partial charge is 0.258 e. The summed E-state index contributed by atoms with van der Waals surface area (Å²) in [5.41, 5.74) is 0. The van der Waals surface area contributed by atoms with Gasteiger partial charge >= 0.3 is 0 Å². The SMILES string of the molecule is O=C(COc1ccc(Cl)cc1)NC1CCC(NCC(O)COc2ccc(Cl)cc2)CC1. The Labute approximate surface area is 192 Å². The number of ether oxygens (including phenoxy) is 2. The highest BCUT2D eigenvalue weighted by atomic mass is 35.5. The van der Waals surface area contributed by atoms with Gasteiger partial charge in [-0.05, 0) is 74.2 Å². The summed E-state index contributed by atoms with van der Waals surface area (Å²) >= 11 is 11.7. The molecule has 1 aliphatic rings. The summed E-state index contributed by atoms with van der Waals surface area (Å²) in [6.45, 7) is 0.664. The average Bonchev–Trinajstić information content (AvgIpc) is 2.78. The zero-order valence-corrected chi connectivity index (χ0v) is 18.7. The van der Waals surface area contributed by atoms with Gasteiger partial charge in [0.1, 0.15) is 24.2 Å². The lowest BCUT2D eigenvalue weighted by atomic mass is 9.91. The van der Waals surface area contributed by atoms with E-state index in [0.29, 0.717) is 34.1 Å². The molecule has 0 radical (unpaired) electrons. The van der Waals surface area contributed by atoms with Crippen LogP contribution in [0.15, 0.2) is 48.5 Å². The number of benzene rings is 2. The minimum Gasteiger partial charge on any atom is -0.491 e. The van der Waals surface area contributed by atoms with E-state index in [9.17, 15) is 9.90 Å². The number of aliphatic hydroxyl groups excluding tert-OH is 1. The standard InChI is InChI=1S/C23H28Cl2N2O4/c24-16-1-9-21(10-2-16)30-14-20(28)13-26-18-5-7-19(8-6-18)27-23(29)15-31-22-11-3-17(25)4-12-22/h1-4,9-12,18-20,26,28H,5-8,13-15H2,(H,27,29). The Balaban J connectivity index is 1.27. The van der Waals surface area contributed by atoms with Gasteiger partial charge in [0, 0.05) is 28.7 Å². The lowest BCUT2D eigenvalue weighted by Gasteiger charge is -2.30. The third kappa shape index (κ3) is 8.57. The minimum absolute atomic E-state index is 0.0143. The topological polar surface area (TPSA) is 79.8 Å². The number of hydrogen-bond donors (Lipinski definition) is 3. The first-order valence-corrected chi connectivity index (χ1v) is 11.2. The Morgan fingerprint density at radius 2 is 1.42 bits per heavy atom. The van der Waals surface area contributed by atoms with Crippen molar-refractivity contribution >= 4 is 29.1 Å². The van der Waals surface area contributed by atoms with Gasteiger partial charge in [-0.15, -0.1) is 0 Å². The van der Waals surface area contributed by atoms with E-state index >= 15 is 0 Å². The number of hydrogen-bond acceptors (Lipinski definition) is 5. The summed E-state index contributed by atoms with van der Waals surface area (Å²) in [5.74, 6) is 1.17. The van der Waals surface area contributed by atoms with Crippen LogP contribution >= 0.6 is 23.2 Å². The predicted molar refractivity (Wildman–Crippen MR) is 122 cm³/mol. The first kappa shape index (κ1) is 23.7. The molecule has 8 heteroatoms. The molecular formula is C23H28Cl2N2O4. The van der Waals surface area contributed by atoms with Crippen LogP contribution in [0, 0.1) is 0 Å². The van der Waals surface area contributed by atoms with Crippen LogP contribution in [0.5, 0.6) is 11.5 Å². The van der Waals surface area contributed by atoms with Crippen LogP contribution in [0.1, 0.15) is 25.7 Å². The van der Waals surface area contributed by atoms with Gasteiger partial charge in [0.05, 0.1) is 0 Å². The third-order valence-corrected chi connectivity index (χ3v) is 5.68. The van der Waals surface area contributed by atoms with E-state index in [4.69, 9.17) is 32.7 Å². The van der Waals surface area contributed by atoms with Crippen LogP contribution in [0.3, 0.4) is 0 Å². The van der Waals surface area contributed by atoms with E-state index in [1.807, 2.05) is 0 Å². The van der Waals surface area contributed by atoms with E-state index in [2.05, 4.69) is 10.6 Å². The predicted octanol–water partition coefficient (Wildman–Crippen LogP) is 3.83. The number of carbonyl (C=O) groups is 1. The molecule has 0 aromatic heterocycles. The number of halogens is 2. The highest BCUT2D eigenvalue weighted by Crippen LogP contribution is 2.19. The Bertz CT molecular complexity index is 809. The van der Waals surface area contributed by atoms with E-state index in [0.717, 1.165) is 25.7 Å². The first-order chi connectivity index (χ1) is 15.0. The Morgan fingerprint density at radius 3 is 2.00 bits per heavy atom. The fraction of sp³-hybridized carbons (Fsp3) is 0.435. The zero-order valence-electron chi connectivity index (χ0n) is 17.2. The fourth-order valence-corrected chi connectivity index (χ4v) is 3.73. The van der Waals surface area contributed by atoms with Gasteiger partial charge in [-0.2, -0.15) is 0 Å². The second-order valence-electron chi connectivity index (χ2n) is 7.69. The molecule has 31 heavy (non-hydrogen) atoms. The molecule has 0 spiro atoms. The van der Waals surface area contributed by atoms with Crippen molar-refractivity contribution in [1.82, 2.24) is 10.6 Å². The van der Waals surface area contributed by atoms with Gasteiger partial charge < -0.3 is 25.2 Å². The molecule has 0 saturated heterocycles. The number of rotatable bonds is 10. The van der Waals surface area contributed by atoms with Crippen molar-refractivity contribution in [3.63, 3.8) is 0 Å². The number of aliphatic hydroxyl groups is 1. The zero-order chi connectivity index (χ0) is 22.1. The maximum absolute atomic E-state index is 12.1. The van der Waals surface area contributed by atoms with Gasteiger partial charge in [0.2, 0.25) is 0 Å². The molecule has 3 rings (SSSR count). The largest absolute Gasteiger partial charge is 0.491 e. The average molecular weight is 467 g/mol. The second-order valence-corrected chi connectivity index (χ2v) is 8.56. The summed E-state index contributed by atoms with van der Waals surface area (Å²) in [4.78, 5) is 12.1. The maximum Gasteiger partial charge on any atom is 0.258 e. The van der Waals surface area contributed by atoms with Crippen LogP contribution in [-0.4, -0.2) is 49.0 Å². The molecule has 1 unspecified atom stereocenters. The lowest BCUT2D eigenvalue weighted by Crippen LogP contribution is -2.45. The molecule has 2 aromatic rings. The Morgan fingerprint density at radius 1 is 0.903 bits per heavy atom. The molecule has 3 N–H and O–H groups in total. The first-order valence-electron chi connectivity index (χ1n) is 10.5. The molecule has 0 bridgehead atoms. The number of nitrogens with one attached hydrogen (secondary N) is 2. The number of amides is 1. The monoisotopic (exact) mass is 466 g/mol. The summed E-state index contributed by atoms with van der Waals surface area (Å²) < 4.78 is 11.1. The highest BCUT2D eigenvalue weighted by Gasteiger charge is 2.23. The van der Waals surface area contributed by atoms with E-state index in [1.54, 1.807) is 48.5 Å². The summed E-state index contributed by atoms with van der Waals surface area (Å²) in [7, 11) is 0. The van der Waals surface area contributed by atoms with Crippen molar-refractivity contribution < 1.29 is 19.4 Å². The Kier molecular flexibility index (Phi) is 9.28. The molecular weight excluding hydrogens is 439 g/mol. The summed E-state index contributed by atoms with van der Waals surface area (Å²) in [5, 5.41) is 17.8. The van der Waals surface area contributed by atoms with Crippen LogP contribution in [0.2, 0.25) is 10.0 Å². The maximum atomic E-state index is 12.1. The molecule has 0 heterocycles. The van der Waals surface area contributed by atoms with Crippen LogP contribution < -0.4 is 20.1 Å². The summed E-state index contributed by atoms with van der Waals surface area (Å²) in [6, 6.07) is 14.5. The van der Waals surface area contributed by atoms with Crippen LogP contribution in [0.25, 0.3) is 0 Å². The van der Waals surface area contributed by atoms with Crippen molar-refractivity contribution in [3.05, 3.63) is 58.6 Å². The number of carbonyl (C=O) groups excluding carboxylic acids is 1. The molecule has 168 valence electrons. The van der Waals surface area contributed by atoms with Crippen molar-refractivity contribution in [2.75, 3.05) is 19.8 Å². The van der Waals surface area contributed by atoms with Crippen molar-refractivity contribution in [3.8, 4) is 11.5 Å². The molecule has 1 fully saturated rings. The van der Waals surface area contributed by atoms with Crippen LogP contribution in [-0.2, 0) is 4.79 Å². The normalized spacial score (nSPS) is 19.5. The van der Waals surface area contributed by atoms with Gasteiger partial charge in [0.15, 0.2) is 6.61 Å². The van der Waals surface area contributed by atoms with Gasteiger partial charge in [0.25, 0.3) is 5.91 Å². The summed E-state index contributed by atoms with van der Waals surface area (Å²) in [6.07, 6.45) is 3.06. The van der Waals surface area contributed by atoms with E-state index in [1.165, 1.54) is 0 Å². The molecule has 1 atom stereocenters. The minimum atomic E-state index is -0.599. The van der Waals surface area contributed by atoms with Gasteiger partial charge in [-0.1, -0.05) is 23.2 Å². The van der Waals surface area contributed by atoms with E-state index < -0.39 is 6.10 Å². The lowest BCUT2D eigenvalue weighted by molar-refractivity contribution is -0.124. The van der Waals surface area contributed by atoms with Gasteiger partial charge in [-0.3, -0.25) is 4.79 Å². The Hall–Kier alpha value is -1.99. The highest BCUT2D eigenvalue weighted by molar-refractivity contribution is 6.30. The molecule has 1 saturated carbocycles. The van der Waals surface area contributed by atoms with Gasteiger partial charge in [-0.25, -0.2) is 0 Å². The van der Waals surface area contributed by atoms with E-state index in [-0.39, 0.29) is 25.2 Å². The molecule has 1 aliphatic carbocycles. The molecule has 1 amide bonds. The van der Waals surface area contributed by atoms with Crippen molar-refractivity contribution in [2.24, 2.45) is 0 Å². The molecule has 2 aromatic carbocycles. The second kappa shape index (κ2) is 12.2.